The number of hydrogen-bond donors (Lipinski definition) is 2. The lowest BCUT2D eigenvalue weighted by Crippen LogP contribution is -2.23. The summed E-state index contributed by atoms with van der Waals surface area (Å²) in [6, 6.07) is 3.69. The fraction of sp³-hybridized carbons (Fsp3) is 0.0833. The molecule has 86 valence electrons. The molecule has 1 aromatic carbocycles. The number of ketones is 2. The van der Waals surface area contributed by atoms with E-state index in [2.05, 4.69) is 0 Å². The second-order valence-corrected chi connectivity index (χ2v) is 3.70. The van der Waals surface area contributed by atoms with Gasteiger partial charge >= 0.3 is 5.97 Å². The van der Waals surface area contributed by atoms with Crippen molar-refractivity contribution in [3.63, 3.8) is 0 Å². The zero-order valence-electron chi connectivity index (χ0n) is 8.85. The van der Waals surface area contributed by atoms with Gasteiger partial charge in [-0.15, -0.1) is 0 Å². The zero-order valence-corrected chi connectivity index (χ0v) is 8.85. The maximum Gasteiger partial charge on any atom is 0.335 e. The van der Waals surface area contributed by atoms with E-state index in [9.17, 15) is 19.5 Å². The SMILES string of the molecule is CC1=C(O)c2ccc(C(=O)O)cc2C(=O)C1=O. The fourth-order valence-electron chi connectivity index (χ4n) is 1.67. The van der Waals surface area contributed by atoms with Crippen LogP contribution in [0.15, 0.2) is 23.8 Å². The molecule has 0 fully saturated rings. The summed E-state index contributed by atoms with van der Waals surface area (Å²) in [5, 5.41) is 18.5. The highest BCUT2D eigenvalue weighted by molar-refractivity contribution is 6.52. The largest absolute Gasteiger partial charge is 0.507 e. The van der Waals surface area contributed by atoms with Crippen molar-refractivity contribution in [2.45, 2.75) is 6.92 Å². The number of aliphatic hydroxyl groups excluding tert-OH is 1. The molecule has 1 aliphatic carbocycles. The van der Waals surface area contributed by atoms with Crippen molar-refractivity contribution in [2.75, 3.05) is 0 Å². The average molecular weight is 232 g/mol. The van der Waals surface area contributed by atoms with Crippen LogP contribution in [0.3, 0.4) is 0 Å². The number of hydrogen-bond acceptors (Lipinski definition) is 4. The highest BCUT2D eigenvalue weighted by Crippen LogP contribution is 2.28. The van der Waals surface area contributed by atoms with Crippen LogP contribution in [0.25, 0.3) is 5.76 Å². The standard InChI is InChI=1S/C12H8O5/c1-5-9(13)7-3-2-6(12(16)17)4-8(7)11(15)10(5)14/h2-4,13H,1H3,(H,16,17). The van der Waals surface area contributed by atoms with E-state index in [-0.39, 0.29) is 28.0 Å². The van der Waals surface area contributed by atoms with Crippen LogP contribution in [-0.2, 0) is 4.79 Å². The first-order chi connectivity index (χ1) is 7.93. The average Bonchev–Trinajstić information content (AvgIpc) is 2.32. The van der Waals surface area contributed by atoms with Gasteiger partial charge in [0.2, 0.25) is 11.6 Å². The maximum absolute atomic E-state index is 11.7. The lowest BCUT2D eigenvalue weighted by molar-refractivity contribution is -0.111. The molecule has 0 amide bonds. The summed E-state index contributed by atoms with van der Waals surface area (Å²) >= 11 is 0. The minimum absolute atomic E-state index is 0.0226. The highest BCUT2D eigenvalue weighted by atomic mass is 16.4. The van der Waals surface area contributed by atoms with Crippen molar-refractivity contribution in [3.8, 4) is 0 Å². The van der Waals surface area contributed by atoms with E-state index < -0.39 is 17.5 Å². The second kappa shape index (κ2) is 3.55. The molecule has 0 atom stereocenters. The van der Waals surface area contributed by atoms with Crippen molar-refractivity contribution in [1.82, 2.24) is 0 Å². The number of carbonyl (C=O) groups is 3. The molecule has 0 heterocycles. The van der Waals surface area contributed by atoms with Gasteiger partial charge in [-0.2, -0.15) is 0 Å². The van der Waals surface area contributed by atoms with Crippen molar-refractivity contribution in [2.24, 2.45) is 0 Å². The Bertz CT molecular complexity index is 595. The monoisotopic (exact) mass is 232 g/mol. The Labute approximate surface area is 96.0 Å². The predicted octanol–water partition coefficient (Wildman–Crippen LogP) is 1.44. The lowest BCUT2D eigenvalue weighted by atomic mass is 9.88. The first-order valence-corrected chi connectivity index (χ1v) is 4.80. The van der Waals surface area contributed by atoms with E-state index in [1.165, 1.54) is 19.1 Å². The molecule has 17 heavy (non-hydrogen) atoms. The maximum atomic E-state index is 11.7. The molecule has 5 nitrogen and oxygen atoms in total. The number of carboxylic acids is 1. The van der Waals surface area contributed by atoms with Crippen molar-refractivity contribution < 1.29 is 24.6 Å². The molecule has 2 rings (SSSR count). The second-order valence-electron chi connectivity index (χ2n) is 3.70. The molecule has 0 bridgehead atoms. The van der Waals surface area contributed by atoms with Gasteiger partial charge in [-0.25, -0.2) is 4.79 Å². The van der Waals surface area contributed by atoms with Crippen LogP contribution in [0, 0.1) is 0 Å². The van der Waals surface area contributed by atoms with Gasteiger partial charge in [-0.3, -0.25) is 9.59 Å². The predicted molar refractivity (Wildman–Crippen MR) is 58.0 cm³/mol. The van der Waals surface area contributed by atoms with Gasteiger partial charge in [-0.1, -0.05) is 0 Å². The molecule has 1 aromatic rings. The Morgan fingerprint density at radius 3 is 2.35 bits per heavy atom. The lowest BCUT2D eigenvalue weighted by Gasteiger charge is -2.15. The van der Waals surface area contributed by atoms with Crippen LogP contribution in [0.5, 0.6) is 0 Å². The molecule has 0 radical (unpaired) electrons. The Morgan fingerprint density at radius 1 is 1.12 bits per heavy atom. The molecular formula is C12H8O5. The third kappa shape index (κ3) is 1.52. The molecule has 0 unspecified atom stereocenters. The molecule has 2 N–H and O–H groups in total. The zero-order chi connectivity index (χ0) is 12.7. The van der Waals surface area contributed by atoms with E-state index in [1.54, 1.807) is 0 Å². The summed E-state index contributed by atoms with van der Waals surface area (Å²) in [7, 11) is 0. The molecule has 0 saturated heterocycles. The first-order valence-electron chi connectivity index (χ1n) is 4.80. The Hall–Kier alpha value is -2.43. The summed E-state index contributed by atoms with van der Waals surface area (Å²) < 4.78 is 0. The number of Topliss-reactive ketones (excluding diaryl/α,β-unsaturated/α-hetero) is 2. The van der Waals surface area contributed by atoms with Gasteiger partial charge in [0.25, 0.3) is 0 Å². The van der Waals surface area contributed by atoms with Crippen LogP contribution in [0.2, 0.25) is 0 Å². The number of allylic oxidation sites excluding steroid dienone is 1. The highest BCUT2D eigenvalue weighted by Gasteiger charge is 2.30. The number of carboxylic acid groups (broad SMARTS) is 1. The normalized spacial score (nSPS) is 14.9. The van der Waals surface area contributed by atoms with E-state index >= 15 is 0 Å². The molecule has 0 aliphatic heterocycles. The van der Waals surface area contributed by atoms with Gasteiger partial charge in [0, 0.05) is 16.7 Å². The fourth-order valence-corrected chi connectivity index (χ4v) is 1.67. The smallest absolute Gasteiger partial charge is 0.335 e. The minimum Gasteiger partial charge on any atom is -0.507 e. The summed E-state index contributed by atoms with van der Waals surface area (Å²) in [6.07, 6.45) is 0. The molecule has 0 saturated carbocycles. The van der Waals surface area contributed by atoms with Crippen molar-refractivity contribution in [3.05, 3.63) is 40.5 Å². The van der Waals surface area contributed by atoms with E-state index in [4.69, 9.17) is 5.11 Å². The Morgan fingerprint density at radius 2 is 1.76 bits per heavy atom. The van der Waals surface area contributed by atoms with E-state index in [0.29, 0.717) is 0 Å². The number of rotatable bonds is 1. The van der Waals surface area contributed by atoms with E-state index in [1.807, 2.05) is 0 Å². The summed E-state index contributed by atoms with van der Waals surface area (Å²) in [5.41, 5.74) is -0.00192. The van der Waals surface area contributed by atoms with Crippen molar-refractivity contribution in [1.29, 1.82) is 0 Å². The van der Waals surface area contributed by atoms with Crippen molar-refractivity contribution >= 4 is 23.3 Å². The minimum atomic E-state index is -1.20. The molecule has 0 spiro atoms. The van der Waals surface area contributed by atoms with Crippen LogP contribution in [0.1, 0.15) is 33.2 Å². The number of fused-ring (bicyclic) bond motifs is 1. The van der Waals surface area contributed by atoms with E-state index in [0.717, 1.165) is 6.07 Å². The Kier molecular flexibility index (Phi) is 2.31. The molecular weight excluding hydrogens is 224 g/mol. The van der Waals surface area contributed by atoms with Gasteiger partial charge < -0.3 is 10.2 Å². The Balaban J connectivity index is 2.73. The van der Waals surface area contributed by atoms with Gasteiger partial charge in [0.05, 0.1) is 5.56 Å². The number of aromatic carboxylic acids is 1. The first kappa shape index (κ1) is 11.1. The molecule has 1 aliphatic rings. The quantitative estimate of drug-likeness (QED) is 0.715. The number of carbonyl (C=O) groups excluding carboxylic acids is 2. The van der Waals surface area contributed by atoms with Gasteiger partial charge in [-0.05, 0) is 25.1 Å². The number of benzene rings is 1. The van der Waals surface area contributed by atoms with Crippen LogP contribution in [0.4, 0.5) is 0 Å². The summed E-state index contributed by atoms with van der Waals surface area (Å²) in [4.78, 5) is 33.9. The molecule has 5 heteroatoms. The third-order valence-corrected chi connectivity index (χ3v) is 2.67. The third-order valence-electron chi connectivity index (χ3n) is 2.67. The van der Waals surface area contributed by atoms with Gasteiger partial charge in [0.15, 0.2) is 0 Å². The summed E-state index contributed by atoms with van der Waals surface area (Å²) in [5.74, 6) is -3.07. The topological polar surface area (TPSA) is 91.7 Å². The van der Waals surface area contributed by atoms with Crippen LogP contribution >= 0.6 is 0 Å². The number of aliphatic hydroxyl groups is 1. The van der Waals surface area contributed by atoms with Gasteiger partial charge in [0.1, 0.15) is 5.76 Å². The molecule has 0 aromatic heterocycles. The summed E-state index contributed by atoms with van der Waals surface area (Å²) in [6.45, 7) is 1.35. The van der Waals surface area contributed by atoms with Crippen LogP contribution in [-0.4, -0.2) is 27.7 Å². The van der Waals surface area contributed by atoms with Crippen LogP contribution < -0.4 is 0 Å².